The summed E-state index contributed by atoms with van der Waals surface area (Å²) in [5.74, 6) is 5.84. The third-order valence-corrected chi connectivity index (χ3v) is 2.47. The SMILES string of the molecule is COc1cccc(Cl)c1CNC(=S)NN. The lowest BCUT2D eigenvalue weighted by molar-refractivity contribution is 0.409. The van der Waals surface area contributed by atoms with Crippen molar-refractivity contribution in [1.82, 2.24) is 10.7 Å². The number of nitrogens with two attached hydrogens (primary N) is 1. The number of nitrogens with one attached hydrogen (secondary N) is 2. The Hall–Kier alpha value is -1.04. The van der Waals surface area contributed by atoms with Crippen LogP contribution in [0.4, 0.5) is 0 Å². The molecule has 0 aliphatic rings. The number of hydrazine groups is 1. The Morgan fingerprint density at radius 1 is 1.60 bits per heavy atom. The van der Waals surface area contributed by atoms with E-state index in [2.05, 4.69) is 10.7 Å². The Morgan fingerprint density at radius 3 is 2.93 bits per heavy atom. The maximum absolute atomic E-state index is 6.02. The normalized spacial score (nSPS) is 9.53. The molecule has 0 spiro atoms. The van der Waals surface area contributed by atoms with Gasteiger partial charge in [-0.1, -0.05) is 17.7 Å². The van der Waals surface area contributed by atoms with Crippen molar-refractivity contribution < 1.29 is 4.74 Å². The van der Waals surface area contributed by atoms with E-state index < -0.39 is 0 Å². The third-order valence-electron chi connectivity index (χ3n) is 1.85. The number of hydrogen-bond acceptors (Lipinski definition) is 3. The summed E-state index contributed by atoms with van der Waals surface area (Å²) in [5, 5.41) is 3.88. The number of thiocarbonyl (C=S) groups is 1. The van der Waals surface area contributed by atoms with Gasteiger partial charge in [0.1, 0.15) is 5.75 Å². The number of benzene rings is 1. The van der Waals surface area contributed by atoms with Crippen LogP contribution >= 0.6 is 23.8 Å². The zero-order valence-electron chi connectivity index (χ0n) is 8.21. The first kappa shape index (κ1) is 12.0. The van der Waals surface area contributed by atoms with Crippen molar-refractivity contribution >= 4 is 28.9 Å². The fraction of sp³-hybridized carbons (Fsp3) is 0.222. The first-order valence-corrected chi connectivity index (χ1v) is 5.03. The summed E-state index contributed by atoms with van der Waals surface area (Å²) in [5.41, 5.74) is 3.18. The molecule has 0 amide bonds. The van der Waals surface area contributed by atoms with Crippen LogP contribution < -0.4 is 21.3 Å². The molecule has 0 aliphatic heterocycles. The van der Waals surface area contributed by atoms with E-state index in [9.17, 15) is 0 Å². The maximum Gasteiger partial charge on any atom is 0.180 e. The van der Waals surface area contributed by atoms with Crippen molar-refractivity contribution in [2.24, 2.45) is 5.84 Å². The Balaban J connectivity index is 2.78. The van der Waals surface area contributed by atoms with Gasteiger partial charge in [0.25, 0.3) is 0 Å². The van der Waals surface area contributed by atoms with Crippen LogP contribution in [-0.2, 0) is 6.54 Å². The van der Waals surface area contributed by atoms with Crippen LogP contribution in [0.5, 0.6) is 5.75 Å². The monoisotopic (exact) mass is 245 g/mol. The molecule has 1 aromatic carbocycles. The topological polar surface area (TPSA) is 59.3 Å². The number of hydrogen-bond donors (Lipinski definition) is 3. The van der Waals surface area contributed by atoms with Gasteiger partial charge in [-0.3, -0.25) is 0 Å². The standard InChI is InChI=1S/C9H12ClN3OS/c1-14-8-4-2-3-7(10)6(8)5-12-9(15)13-11/h2-4H,5,11H2,1H3,(H2,12,13,15). The average molecular weight is 246 g/mol. The summed E-state index contributed by atoms with van der Waals surface area (Å²) in [6.45, 7) is 0.464. The molecule has 15 heavy (non-hydrogen) atoms. The second-order valence-corrected chi connectivity index (χ2v) is 3.56. The van der Waals surface area contributed by atoms with Gasteiger partial charge in [0.05, 0.1) is 7.11 Å². The summed E-state index contributed by atoms with van der Waals surface area (Å²) < 4.78 is 5.17. The van der Waals surface area contributed by atoms with Crippen LogP contribution in [0.2, 0.25) is 5.02 Å². The molecule has 0 aromatic heterocycles. The van der Waals surface area contributed by atoms with Crippen molar-refractivity contribution in [2.75, 3.05) is 7.11 Å². The van der Waals surface area contributed by atoms with E-state index in [1.807, 2.05) is 12.1 Å². The van der Waals surface area contributed by atoms with Gasteiger partial charge in [-0.2, -0.15) is 0 Å². The summed E-state index contributed by atoms with van der Waals surface area (Å²) in [7, 11) is 1.59. The van der Waals surface area contributed by atoms with Crippen LogP contribution in [0.3, 0.4) is 0 Å². The predicted octanol–water partition coefficient (Wildman–Crippen LogP) is 1.19. The van der Waals surface area contributed by atoms with Crippen LogP contribution in [0.25, 0.3) is 0 Å². The minimum atomic E-state index is 0.358. The zero-order valence-corrected chi connectivity index (χ0v) is 9.78. The molecule has 0 unspecified atom stereocenters. The van der Waals surface area contributed by atoms with E-state index in [1.54, 1.807) is 13.2 Å². The zero-order chi connectivity index (χ0) is 11.3. The van der Waals surface area contributed by atoms with Crippen molar-refractivity contribution in [3.05, 3.63) is 28.8 Å². The smallest absolute Gasteiger partial charge is 0.180 e. The summed E-state index contributed by atoms with van der Waals surface area (Å²) in [6, 6.07) is 5.45. The highest BCUT2D eigenvalue weighted by molar-refractivity contribution is 7.80. The Morgan fingerprint density at radius 2 is 2.33 bits per heavy atom. The summed E-state index contributed by atoms with van der Waals surface area (Å²) in [4.78, 5) is 0. The molecule has 0 saturated heterocycles. The lowest BCUT2D eigenvalue weighted by Crippen LogP contribution is -2.39. The number of rotatable bonds is 3. The van der Waals surface area contributed by atoms with Gasteiger partial charge in [0.15, 0.2) is 5.11 Å². The molecule has 0 saturated carbocycles. The van der Waals surface area contributed by atoms with Gasteiger partial charge in [0.2, 0.25) is 0 Å². The molecule has 4 N–H and O–H groups in total. The van der Waals surface area contributed by atoms with E-state index in [0.29, 0.717) is 16.7 Å². The molecular weight excluding hydrogens is 234 g/mol. The maximum atomic E-state index is 6.02. The quantitative estimate of drug-likeness (QED) is 0.424. The molecule has 0 aliphatic carbocycles. The first-order chi connectivity index (χ1) is 7.19. The molecule has 4 nitrogen and oxygen atoms in total. The fourth-order valence-electron chi connectivity index (χ4n) is 1.12. The van der Waals surface area contributed by atoms with Crippen molar-refractivity contribution in [3.8, 4) is 5.75 Å². The highest BCUT2D eigenvalue weighted by Gasteiger charge is 2.07. The van der Waals surface area contributed by atoms with Crippen LogP contribution in [0.15, 0.2) is 18.2 Å². The van der Waals surface area contributed by atoms with Crippen molar-refractivity contribution in [2.45, 2.75) is 6.54 Å². The molecule has 1 aromatic rings. The number of ether oxygens (including phenoxy) is 1. The van der Waals surface area contributed by atoms with Crippen LogP contribution in [-0.4, -0.2) is 12.2 Å². The second kappa shape index (κ2) is 5.75. The number of halogens is 1. The van der Waals surface area contributed by atoms with Gasteiger partial charge >= 0.3 is 0 Å². The van der Waals surface area contributed by atoms with Gasteiger partial charge in [-0.05, 0) is 24.4 Å². The highest BCUT2D eigenvalue weighted by atomic mass is 35.5. The third kappa shape index (κ3) is 3.23. The van der Waals surface area contributed by atoms with E-state index in [4.69, 9.17) is 34.4 Å². The van der Waals surface area contributed by atoms with Crippen molar-refractivity contribution in [1.29, 1.82) is 0 Å². The first-order valence-electron chi connectivity index (χ1n) is 4.25. The van der Waals surface area contributed by atoms with Gasteiger partial charge in [0, 0.05) is 17.1 Å². The van der Waals surface area contributed by atoms with E-state index in [1.165, 1.54) is 0 Å². The van der Waals surface area contributed by atoms with Gasteiger partial charge in [-0.25, -0.2) is 5.84 Å². The molecular formula is C9H12ClN3OS. The molecule has 1 rings (SSSR count). The van der Waals surface area contributed by atoms with Crippen molar-refractivity contribution in [3.63, 3.8) is 0 Å². The molecule has 0 radical (unpaired) electrons. The Kier molecular flexibility index (Phi) is 4.61. The van der Waals surface area contributed by atoms with Crippen LogP contribution in [0.1, 0.15) is 5.56 Å². The van der Waals surface area contributed by atoms with Crippen LogP contribution in [0, 0.1) is 0 Å². The van der Waals surface area contributed by atoms with E-state index in [0.717, 1.165) is 11.3 Å². The predicted molar refractivity (Wildman–Crippen MR) is 64.8 cm³/mol. The molecule has 0 fully saturated rings. The Labute approximate surface area is 98.7 Å². The molecule has 0 bridgehead atoms. The lowest BCUT2D eigenvalue weighted by atomic mass is 10.2. The lowest BCUT2D eigenvalue weighted by Gasteiger charge is -2.12. The van der Waals surface area contributed by atoms with E-state index >= 15 is 0 Å². The Bertz CT molecular complexity index is 359. The summed E-state index contributed by atoms with van der Waals surface area (Å²) in [6.07, 6.45) is 0. The van der Waals surface area contributed by atoms with E-state index in [-0.39, 0.29) is 0 Å². The number of methoxy groups -OCH3 is 1. The van der Waals surface area contributed by atoms with Gasteiger partial charge in [-0.15, -0.1) is 0 Å². The minimum absolute atomic E-state index is 0.358. The van der Waals surface area contributed by atoms with Gasteiger partial charge < -0.3 is 15.5 Å². The molecule has 82 valence electrons. The molecule has 0 heterocycles. The largest absolute Gasteiger partial charge is 0.496 e. The fourth-order valence-corrected chi connectivity index (χ4v) is 1.43. The highest BCUT2D eigenvalue weighted by Crippen LogP contribution is 2.25. The minimum Gasteiger partial charge on any atom is -0.496 e. The molecule has 0 atom stereocenters. The summed E-state index contributed by atoms with van der Waals surface area (Å²) >= 11 is 10.9. The molecule has 6 heteroatoms. The second-order valence-electron chi connectivity index (χ2n) is 2.75. The average Bonchev–Trinajstić information content (AvgIpc) is 2.26.